The number of rotatable bonds is 7. The smallest absolute Gasteiger partial charge is 0.304 e. The summed E-state index contributed by atoms with van der Waals surface area (Å²) in [5, 5.41) is 1.11. The van der Waals surface area contributed by atoms with Crippen LogP contribution in [0.25, 0.3) is 22.2 Å². The molecule has 1 amide bonds. The number of carbonyl (C=O) groups is 2. The summed E-state index contributed by atoms with van der Waals surface area (Å²) >= 11 is 0. The van der Waals surface area contributed by atoms with Crippen molar-refractivity contribution in [3.63, 3.8) is 0 Å². The minimum absolute atomic E-state index is 0.0913. The molecule has 9 nitrogen and oxygen atoms in total. The number of fused-ring (bicyclic) bond motifs is 9. The molecule has 1 aromatic heterocycles. The number of hydrogen-bond acceptors (Lipinski definition) is 6. The van der Waals surface area contributed by atoms with Gasteiger partial charge in [-0.2, -0.15) is 12.7 Å². The Morgan fingerprint density at radius 3 is 2.37 bits per heavy atom. The number of Topliss-reactive ketones (excluding diaryl/α,β-unsaturated/α-hetero) is 1. The highest BCUT2D eigenvalue weighted by molar-refractivity contribution is 7.87. The highest BCUT2D eigenvalue weighted by Gasteiger charge is 2.65. The van der Waals surface area contributed by atoms with E-state index in [1.807, 2.05) is 18.2 Å². The van der Waals surface area contributed by atoms with Crippen molar-refractivity contribution >= 4 is 32.8 Å². The molecule has 2 aromatic carbocycles. The van der Waals surface area contributed by atoms with Gasteiger partial charge in [-0.1, -0.05) is 25.3 Å². The molecular weight excluding hydrogens is 637 g/mol. The van der Waals surface area contributed by atoms with E-state index in [1.165, 1.54) is 46.0 Å². The Bertz CT molecular complexity index is 1940. The van der Waals surface area contributed by atoms with Crippen LogP contribution < -0.4 is 9.46 Å². The van der Waals surface area contributed by atoms with Gasteiger partial charge in [0.15, 0.2) is 0 Å². The lowest BCUT2D eigenvalue weighted by Gasteiger charge is -2.37. The van der Waals surface area contributed by atoms with Crippen LogP contribution in [0, 0.1) is 23.2 Å². The summed E-state index contributed by atoms with van der Waals surface area (Å²) in [7, 11) is -0.0222. The first kappa shape index (κ1) is 31.7. The highest BCUT2D eigenvalue weighted by atomic mass is 32.2. The molecule has 0 radical (unpaired) electrons. The van der Waals surface area contributed by atoms with Crippen molar-refractivity contribution in [2.75, 3.05) is 40.3 Å². The van der Waals surface area contributed by atoms with E-state index >= 15 is 4.79 Å². The van der Waals surface area contributed by atoms with Crippen LogP contribution in [-0.2, 0) is 21.5 Å². The molecule has 3 saturated carbocycles. The zero-order chi connectivity index (χ0) is 33.7. The lowest BCUT2D eigenvalue weighted by atomic mass is 9.75. The molecule has 3 aromatic rings. The molecule has 49 heavy (non-hydrogen) atoms. The van der Waals surface area contributed by atoms with E-state index in [1.54, 1.807) is 13.2 Å². The average Bonchev–Trinajstić information content (AvgIpc) is 3.33. The molecule has 10 heteroatoms. The fourth-order valence-electron chi connectivity index (χ4n) is 10.9. The lowest BCUT2D eigenvalue weighted by Crippen LogP contribution is -2.45. The second-order valence-electron chi connectivity index (χ2n) is 16.0. The molecule has 9 rings (SSSR count). The number of likely N-dealkylation sites (tertiary alicyclic amines) is 1. The van der Waals surface area contributed by atoms with Gasteiger partial charge in [0, 0.05) is 66.6 Å². The fraction of sp³-hybridized carbons (Fsp3) is 0.590. The minimum Gasteiger partial charge on any atom is -0.497 e. The van der Waals surface area contributed by atoms with Crippen LogP contribution in [0.3, 0.4) is 0 Å². The maximum Gasteiger partial charge on any atom is 0.304 e. The summed E-state index contributed by atoms with van der Waals surface area (Å²) in [6.07, 6.45) is 10.5. The standard InChI is InChI=1S/C39H48N4O5S/c1-41-21-26-10-11-27(22-41)34(26)37(44)39-20-32(39)31-19-28(48-2)13-15-29(31)36-35(24-8-4-3-5-9-24)30-14-12-25(18-33(30)43(36)23-39)38(45)40-49(46,47)42-16-6-7-17-42/h12-15,18-19,24,26-27,32,34H,3-11,16-17,20-23H2,1-2H3,(H,40,45)/t26-,27?,32?,34?,39?/m1/s1. The second-order valence-corrected chi connectivity index (χ2v) is 17.7. The van der Waals surface area contributed by atoms with Crippen molar-refractivity contribution in [2.24, 2.45) is 23.2 Å². The maximum absolute atomic E-state index is 15.1. The third kappa shape index (κ3) is 5.02. The Labute approximate surface area is 289 Å². The Morgan fingerprint density at radius 1 is 0.918 bits per heavy atom. The van der Waals surface area contributed by atoms with Crippen molar-refractivity contribution in [3.8, 4) is 17.0 Å². The number of nitrogens with one attached hydrogen (secondary N) is 1. The van der Waals surface area contributed by atoms with Crippen molar-refractivity contribution < 1.29 is 22.7 Å². The molecule has 3 aliphatic heterocycles. The van der Waals surface area contributed by atoms with Crippen LogP contribution in [0.4, 0.5) is 0 Å². The number of amides is 1. The zero-order valence-electron chi connectivity index (χ0n) is 28.7. The number of methoxy groups -OCH3 is 1. The molecule has 4 heterocycles. The monoisotopic (exact) mass is 684 g/mol. The van der Waals surface area contributed by atoms with E-state index in [2.05, 4.69) is 33.4 Å². The SMILES string of the molecule is COc1ccc2c(c1)C1CC1(C(=O)C1C3CC[C@@H]1CN(C)C3)Cn1c-2c(C2CCCCC2)c2ccc(C(=O)NS(=O)(=O)N3CCCC3)cc21. The van der Waals surface area contributed by atoms with E-state index in [9.17, 15) is 13.2 Å². The Balaban J connectivity index is 1.20. The van der Waals surface area contributed by atoms with Crippen LogP contribution in [0.2, 0.25) is 0 Å². The van der Waals surface area contributed by atoms with E-state index in [0.29, 0.717) is 48.7 Å². The minimum atomic E-state index is -3.92. The third-order valence-corrected chi connectivity index (χ3v) is 14.7. The summed E-state index contributed by atoms with van der Waals surface area (Å²) in [5.41, 5.74) is 5.61. The van der Waals surface area contributed by atoms with Crippen molar-refractivity contribution in [1.82, 2.24) is 18.5 Å². The topological polar surface area (TPSA) is 101 Å². The average molecular weight is 685 g/mol. The summed E-state index contributed by atoms with van der Waals surface area (Å²) in [6, 6.07) is 12.1. The van der Waals surface area contributed by atoms with Gasteiger partial charge in [-0.25, -0.2) is 4.72 Å². The molecule has 3 aliphatic carbocycles. The molecule has 2 saturated heterocycles. The zero-order valence-corrected chi connectivity index (χ0v) is 29.6. The quantitative estimate of drug-likeness (QED) is 0.324. The number of ketones is 1. The van der Waals surface area contributed by atoms with E-state index in [0.717, 1.165) is 74.7 Å². The van der Waals surface area contributed by atoms with Crippen LogP contribution in [0.15, 0.2) is 36.4 Å². The molecule has 2 bridgehead atoms. The summed E-state index contributed by atoms with van der Waals surface area (Å²) in [5.74, 6) is 2.05. The molecule has 4 unspecified atom stereocenters. The Morgan fingerprint density at radius 2 is 1.65 bits per heavy atom. The predicted molar refractivity (Wildman–Crippen MR) is 189 cm³/mol. The van der Waals surface area contributed by atoms with Crippen LogP contribution in [0.1, 0.15) is 97.5 Å². The fourth-order valence-corrected chi connectivity index (χ4v) is 12.1. The molecule has 0 spiro atoms. The Kier molecular flexibility index (Phi) is 7.56. The predicted octanol–water partition coefficient (Wildman–Crippen LogP) is 6.08. The van der Waals surface area contributed by atoms with Crippen LogP contribution >= 0.6 is 0 Å². The summed E-state index contributed by atoms with van der Waals surface area (Å²) in [4.78, 5) is 31.2. The van der Waals surface area contributed by atoms with Crippen molar-refractivity contribution in [1.29, 1.82) is 0 Å². The first-order chi connectivity index (χ1) is 23.7. The molecule has 6 aliphatic rings. The number of nitrogens with zero attached hydrogens (tertiary/aromatic N) is 3. The van der Waals surface area contributed by atoms with Gasteiger partial charge in [-0.05, 0) is 111 Å². The third-order valence-electron chi connectivity index (χ3n) is 13.2. The number of piperidine rings is 1. The molecule has 260 valence electrons. The van der Waals surface area contributed by atoms with Crippen LogP contribution in [0.5, 0.6) is 5.75 Å². The van der Waals surface area contributed by atoms with E-state index < -0.39 is 21.5 Å². The maximum atomic E-state index is 15.1. The number of ether oxygens (including phenoxy) is 1. The van der Waals surface area contributed by atoms with Gasteiger partial charge in [0.05, 0.1) is 18.2 Å². The number of aromatic nitrogens is 1. The molecule has 1 N–H and O–H groups in total. The largest absolute Gasteiger partial charge is 0.497 e. The Hall–Kier alpha value is -3.21. The van der Waals surface area contributed by atoms with E-state index in [4.69, 9.17) is 4.74 Å². The molecule has 5 fully saturated rings. The van der Waals surface area contributed by atoms with Gasteiger partial charge in [0.25, 0.3) is 5.91 Å². The second kappa shape index (κ2) is 11.7. The van der Waals surface area contributed by atoms with Gasteiger partial charge in [0.2, 0.25) is 0 Å². The number of hydrogen-bond donors (Lipinski definition) is 1. The lowest BCUT2D eigenvalue weighted by molar-refractivity contribution is -0.133. The van der Waals surface area contributed by atoms with Crippen molar-refractivity contribution in [2.45, 2.75) is 82.6 Å². The van der Waals surface area contributed by atoms with Gasteiger partial charge < -0.3 is 14.2 Å². The normalized spacial score (nSPS) is 30.0. The molecule has 5 atom stereocenters. The highest BCUT2D eigenvalue weighted by Crippen LogP contribution is 2.68. The van der Waals surface area contributed by atoms with E-state index in [-0.39, 0.29) is 11.8 Å². The number of carbonyl (C=O) groups excluding carboxylic acids is 2. The number of benzene rings is 2. The van der Waals surface area contributed by atoms with Gasteiger partial charge in [-0.3, -0.25) is 9.59 Å². The summed E-state index contributed by atoms with van der Waals surface area (Å²) < 4.78 is 38.0. The van der Waals surface area contributed by atoms with Gasteiger partial charge in [-0.15, -0.1) is 0 Å². The molecular formula is C39H48N4O5S. The summed E-state index contributed by atoms with van der Waals surface area (Å²) in [6.45, 7) is 3.41. The van der Waals surface area contributed by atoms with Gasteiger partial charge >= 0.3 is 10.2 Å². The first-order valence-corrected chi connectivity index (χ1v) is 20.0. The van der Waals surface area contributed by atoms with Crippen molar-refractivity contribution in [3.05, 3.63) is 53.1 Å². The first-order valence-electron chi connectivity index (χ1n) is 18.6. The van der Waals surface area contributed by atoms with Gasteiger partial charge in [0.1, 0.15) is 11.5 Å². The van der Waals surface area contributed by atoms with Crippen LogP contribution in [-0.4, -0.2) is 74.2 Å².